The second-order valence-electron chi connectivity index (χ2n) is 3.84. The van der Waals surface area contributed by atoms with Gasteiger partial charge in [0, 0.05) is 25.0 Å². The van der Waals surface area contributed by atoms with Crippen LogP contribution in [0.5, 0.6) is 0 Å². The summed E-state index contributed by atoms with van der Waals surface area (Å²) in [4.78, 5) is 11.0. The molecule has 1 rings (SSSR count). The first-order valence-corrected chi connectivity index (χ1v) is 7.52. The van der Waals surface area contributed by atoms with Crippen LogP contribution in [0, 0.1) is 0 Å². The maximum atomic E-state index is 11.8. The van der Waals surface area contributed by atoms with Gasteiger partial charge in [0.05, 0.1) is 12.9 Å². The van der Waals surface area contributed by atoms with Gasteiger partial charge in [-0.15, -0.1) is 11.6 Å². The first kappa shape index (κ1) is 14.5. The molecule has 1 heterocycles. The Labute approximate surface area is 106 Å². The van der Waals surface area contributed by atoms with Crippen molar-refractivity contribution in [1.29, 1.82) is 0 Å². The van der Waals surface area contributed by atoms with Crippen molar-refractivity contribution in [3.8, 4) is 0 Å². The van der Waals surface area contributed by atoms with Crippen molar-refractivity contribution in [2.24, 2.45) is 0 Å². The number of hydrogen-bond donors (Lipinski definition) is 1. The van der Waals surface area contributed by atoms with Crippen LogP contribution in [0.15, 0.2) is 0 Å². The fraction of sp³-hybridized carbons (Fsp3) is 0.889. The van der Waals surface area contributed by atoms with E-state index in [1.54, 1.807) is 0 Å². The third-order valence-corrected chi connectivity index (χ3v) is 4.78. The highest BCUT2D eigenvalue weighted by Gasteiger charge is 2.31. The molecular weight excluding hydrogens is 268 g/mol. The molecule has 1 atom stereocenters. The molecule has 0 aromatic carbocycles. The molecule has 1 fully saturated rings. The first-order chi connectivity index (χ1) is 7.99. The highest BCUT2D eigenvalue weighted by atomic mass is 35.5. The van der Waals surface area contributed by atoms with Crippen LogP contribution in [0.4, 0.5) is 4.79 Å². The monoisotopic (exact) mass is 284 g/mol. The molecule has 1 amide bonds. The van der Waals surface area contributed by atoms with Gasteiger partial charge in [0.15, 0.2) is 0 Å². The molecule has 100 valence electrons. The van der Waals surface area contributed by atoms with Gasteiger partial charge in [0.1, 0.15) is 0 Å². The molecule has 1 aliphatic rings. The predicted molar refractivity (Wildman–Crippen MR) is 64.6 cm³/mol. The standard InChI is InChI=1S/C9H17ClN2O4S/c1-16-9(13)11-8-3-5-12(7-8)17(14,15)6-2-4-10/h8H,2-7H2,1H3,(H,11,13). The van der Waals surface area contributed by atoms with E-state index in [1.165, 1.54) is 11.4 Å². The van der Waals surface area contributed by atoms with Crippen molar-refractivity contribution >= 4 is 27.7 Å². The van der Waals surface area contributed by atoms with Gasteiger partial charge < -0.3 is 10.1 Å². The molecule has 0 saturated carbocycles. The van der Waals surface area contributed by atoms with E-state index >= 15 is 0 Å². The number of alkyl halides is 1. The average molecular weight is 285 g/mol. The van der Waals surface area contributed by atoms with Gasteiger partial charge in [-0.3, -0.25) is 0 Å². The van der Waals surface area contributed by atoms with Crippen LogP contribution < -0.4 is 5.32 Å². The van der Waals surface area contributed by atoms with Gasteiger partial charge >= 0.3 is 6.09 Å². The highest BCUT2D eigenvalue weighted by Crippen LogP contribution is 2.15. The van der Waals surface area contributed by atoms with E-state index in [0.717, 1.165) is 0 Å². The number of rotatable bonds is 5. The van der Waals surface area contributed by atoms with Gasteiger partial charge in [-0.25, -0.2) is 13.2 Å². The van der Waals surface area contributed by atoms with Crippen molar-refractivity contribution in [2.75, 3.05) is 31.8 Å². The SMILES string of the molecule is COC(=O)NC1CCN(S(=O)(=O)CCCCl)C1. The largest absolute Gasteiger partial charge is 0.453 e. The molecule has 0 aromatic heterocycles. The average Bonchev–Trinajstić information content (AvgIpc) is 2.75. The summed E-state index contributed by atoms with van der Waals surface area (Å²) in [5, 5.41) is 2.59. The van der Waals surface area contributed by atoms with Crippen LogP contribution in [0.3, 0.4) is 0 Å². The van der Waals surface area contributed by atoms with Crippen LogP contribution in [0.1, 0.15) is 12.8 Å². The lowest BCUT2D eigenvalue weighted by atomic mass is 10.3. The fourth-order valence-electron chi connectivity index (χ4n) is 1.69. The van der Waals surface area contributed by atoms with Crippen molar-refractivity contribution in [3.05, 3.63) is 0 Å². The highest BCUT2D eigenvalue weighted by molar-refractivity contribution is 7.89. The lowest BCUT2D eigenvalue weighted by Crippen LogP contribution is -2.39. The summed E-state index contributed by atoms with van der Waals surface area (Å²) in [6, 6.07) is -0.173. The normalized spacial score (nSPS) is 21.4. The van der Waals surface area contributed by atoms with Crippen LogP contribution in [-0.4, -0.2) is 56.7 Å². The number of methoxy groups -OCH3 is 1. The molecule has 8 heteroatoms. The van der Waals surface area contributed by atoms with E-state index in [0.29, 0.717) is 31.8 Å². The molecule has 1 unspecified atom stereocenters. The molecule has 17 heavy (non-hydrogen) atoms. The maximum absolute atomic E-state index is 11.8. The molecule has 0 aliphatic carbocycles. The summed E-state index contributed by atoms with van der Waals surface area (Å²) in [7, 11) is -1.96. The molecule has 6 nitrogen and oxygen atoms in total. The number of halogens is 1. The Morgan fingerprint density at radius 2 is 2.29 bits per heavy atom. The van der Waals surface area contributed by atoms with Crippen molar-refractivity contribution in [1.82, 2.24) is 9.62 Å². The number of carbonyl (C=O) groups excluding carboxylic acids is 1. The number of amides is 1. The third kappa shape index (κ3) is 4.33. The lowest BCUT2D eigenvalue weighted by Gasteiger charge is -2.16. The zero-order chi connectivity index (χ0) is 12.9. The molecule has 0 aromatic rings. The molecule has 1 N–H and O–H groups in total. The Hall–Kier alpha value is -0.530. The summed E-state index contributed by atoms with van der Waals surface area (Å²) in [5.41, 5.74) is 0. The minimum atomic E-state index is -3.24. The van der Waals surface area contributed by atoms with Crippen LogP contribution in [0.2, 0.25) is 0 Å². The number of hydrogen-bond acceptors (Lipinski definition) is 4. The van der Waals surface area contributed by atoms with Gasteiger partial charge in [-0.1, -0.05) is 0 Å². The smallest absolute Gasteiger partial charge is 0.407 e. The van der Waals surface area contributed by atoms with Gasteiger partial charge in [0.2, 0.25) is 10.0 Å². The van der Waals surface area contributed by atoms with E-state index in [-0.39, 0.29) is 11.8 Å². The fourth-order valence-corrected chi connectivity index (χ4v) is 3.54. The van der Waals surface area contributed by atoms with E-state index in [9.17, 15) is 13.2 Å². The number of sulfonamides is 1. The lowest BCUT2D eigenvalue weighted by molar-refractivity contribution is 0.167. The number of nitrogens with zero attached hydrogens (tertiary/aromatic N) is 1. The zero-order valence-electron chi connectivity index (χ0n) is 9.69. The Balaban J connectivity index is 2.46. The van der Waals surface area contributed by atoms with Crippen molar-refractivity contribution < 1.29 is 17.9 Å². The van der Waals surface area contributed by atoms with E-state index in [1.807, 2.05) is 0 Å². The van der Waals surface area contributed by atoms with Gasteiger partial charge in [0.25, 0.3) is 0 Å². The molecular formula is C9H17ClN2O4S. The van der Waals surface area contributed by atoms with Crippen molar-refractivity contribution in [2.45, 2.75) is 18.9 Å². The number of alkyl carbamates (subject to hydrolysis) is 1. The van der Waals surface area contributed by atoms with Crippen LogP contribution >= 0.6 is 11.6 Å². The Morgan fingerprint density at radius 1 is 1.59 bits per heavy atom. The third-order valence-electron chi connectivity index (χ3n) is 2.59. The minimum absolute atomic E-state index is 0.0570. The number of ether oxygens (including phenoxy) is 1. The van der Waals surface area contributed by atoms with Crippen LogP contribution in [-0.2, 0) is 14.8 Å². The second-order valence-corrected chi connectivity index (χ2v) is 6.30. The van der Waals surface area contributed by atoms with Gasteiger partial charge in [-0.05, 0) is 12.8 Å². The summed E-state index contributed by atoms with van der Waals surface area (Å²) in [6.07, 6.45) is 0.514. The molecule has 0 bridgehead atoms. The van der Waals surface area contributed by atoms with Gasteiger partial charge in [-0.2, -0.15) is 4.31 Å². The molecule has 0 radical (unpaired) electrons. The summed E-state index contributed by atoms with van der Waals surface area (Å²) in [6.45, 7) is 0.735. The predicted octanol–water partition coefficient (Wildman–Crippen LogP) is 0.375. The zero-order valence-corrected chi connectivity index (χ0v) is 11.3. The maximum Gasteiger partial charge on any atom is 0.407 e. The summed E-state index contributed by atoms with van der Waals surface area (Å²) < 4.78 is 29.5. The van der Waals surface area contributed by atoms with E-state index in [4.69, 9.17) is 11.6 Å². The van der Waals surface area contributed by atoms with E-state index in [2.05, 4.69) is 10.1 Å². The number of carbonyl (C=O) groups is 1. The Kier molecular flexibility index (Phi) is 5.48. The minimum Gasteiger partial charge on any atom is -0.453 e. The topological polar surface area (TPSA) is 75.7 Å². The quantitative estimate of drug-likeness (QED) is 0.741. The van der Waals surface area contributed by atoms with Crippen LogP contribution in [0.25, 0.3) is 0 Å². The Bertz CT molecular complexity index is 360. The van der Waals surface area contributed by atoms with Crippen molar-refractivity contribution in [3.63, 3.8) is 0 Å². The van der Waals surface area contributed by atoms with E-state index < -0.39 is 16.1 Å². The first-order valence-electron chi connectivity index (χ1n) is 5.38. The molecule has 1 saturated heterocycles. The number of nitrogens with one attached hydrogen (secondary N) is 1. The summed E-state index contributed by atoms with van der Waals surface area (Å²) in [5.74, 6) is 0.387. The second kappa shape index (κ2) is 6.42. The Morgan fingerprint density at radius 3 is 2.88 bits per heavy atom. The molecule has 1 aliphatic heterocycles. The summed E-state index contributed by atoms with van der Waals surface area (Å²) >= 11 is 5.47. The molecule has 0 spiro atoms.